The Kier molecular flexibility index (Phi) is 4.03. The molecule has 23 heavy (non-hydrogen) atoms. The van der Waals surface area contributed by atoms with E-state index in [9.17, 15) is 13.6 Å². The molecule has 5 heteroatoms. The van der Waals surface area contributed by atoms with E-state index in [1.165, 1.54) is 19.3 Å². The van der Waals surface area contributed by atoms with E-state index in [1.807, 2.05) is 6.92 Å². The summed E-state index contributed by atoms with van der Waals surface area (Å²) in [7, 11) is 1.30. The second-order valence-corrected chi connectivity index (χ2v) is 5.51. The Morgan fingerprint density at radius 2 is 2.13 bits per heavy atom. The lowest BCUT2D eigenvalue weighted by molar-refractivity contribution is 0.0600. The van der Waals surface area contributed by atoms with Gasteiger partial charge in [0.15, 0.2) is 0 Å². The lowest BCUT2D eigenvalue weighted by Crippen LogP contribution is -2.19. The molecule has 3 nitrogen and oxygen atoms in total. The molecular weight excluding hydrogens is 302 g/mol. The molecule has 2 atom stereocenters. The number of alkyl halides is 1. The molecule has 3 rings (SSSR count). The van der Waals surface area contributed by atoms with E-state index >= 15 is 0 Å². The van der Waals surface area contributed by atoms with E-state index in [0.29, 0.717) is 28.0 Å². The first kappa shape index (κ1) is 15.5. The minimum Gasteiger partial charge on any atom is -0.486 e. The lowest BCUT2D eigenvalue weighted by Gasteiger charge is -2.27. The summed E-state index contributed by atoms with van der Waals surface area (Å²) in [5.41, 5.74) is 1.98. The van der Waals surface area contributed by atoms with Crippen LogP contribution in [0, 0.1) is 0 Å². The van der Waals surface area contributed by atoms with Gasteiger partial charge in [-0.2, -0.15) is 0 Å². The summed E-state index contributed by atoms with van der Waals surface area (Å²) in [6.45, 7) is 1.84. The normalized spacial score (nSPS) is 23.0. The number of rotatable bonds is 2. The first-order valence-corrected chi connectivity index (χ1v) is 7.31. The van der Waals surface area contributed by atoms with Crippen LogP contribution in [0.15, 0.2) is 47.8 Å². The van der Waals surface area contributed by atoms with Gasteiger partial charge in [-0.25, -0.2) is 13.6 Å². The van der Waals surface area contributed by atoms with Crippen LogP contribution in [-0.2, 0) is 4.74 Å². The Hall–Kier alpha value is -2.43. The Morgan fingerprint density at radius 3 is 2.83 bits per heavy atom. The highest BCUT2D eigenvalue weighted by Gasteiger charge is 2.28. The smallest absolute Gasteiger partial charge is 0.337 e. The number of allylic oxidation sites excluding steroid dienone is 5. The van der Waals surface area contributed by atoms with E-state index in [-0.39, 0.29) is 12.5 Å². The zero-order valence-corrected chi connectivity index (χ0v) is 12.8. The number of benzene rings is 1. The molecule has 0 saturated carbocycles. The van der Waals surface area contributed by atoms with E-state index in [2.05, 4.69) is 0 Å². The number of carbonyl (C=O) groups excluding carboxylic acids is 1. The predicted octanol–water partition coefficient (Wildman–Crippen LogP) is 4.16. The molecule has 1 aliphatic carbocycles. The van der Waals surface area contributed by atoms with Crippen LogP contribution in [0.5, 0.6) is 5.75 Å². The van der Waals surface area contributed by atoms with Crippen LogP contribution in [0.4, 0.5) is 8.78 Å². The second kappa shape index (κ2) is 5.99. The highest BCUT2D eigenvalue weighted by Crippen LogP contribution is 2.40. The SMILES string of the molecule is COC(=O)c1ccc2c(c1)C(C1=CC=C(F)CC1F)=CC(C)O2. The number of esters is 1. The summed E-state index contributed by atoms with van der Waals surface area (Å²) >= 11 is 0. The molecule has 2 unspecified atom stereocenters. The molecule has 0 fully saturated rings. The Bertz CT molecular complexity index is 747. The summed E-state index contributed by atoms with van der Waals surface area (Å²) in [6.07, 6.45) is 2.55. The van der Waals surface area contributed by atoms with Gasteiger partial charge >= 0.3 is 5.97 Å². The number of methoxy groups -OCH3 is 1. The molecule has 0 spiro atoms. The van der Waals surface area contributed by atoms with Crippen molar-refractivity contribution in [3.8, 4) is 5.75 Å². The second-order valence-electron chi connectivity index (χ2n) is 5.51. The molecule has 1 heterocycles. The molecule has 120 valence electrons. The highest BCUT2D eigenvalue weighted by atomic mass is 19.1. The van der Waals surface area contributed by atoms with Gasteiger partial charge in [-0.15, -0.1) is 0 Å². The molecule has 1 aromatic carbocycles. The third kappa shape index (κ3) is 2.91. The molecule has 0 aromatic heterocycles. The van der Waals surface area contributed by atoms with E-state index in [4.69, 9.17) is 9.47 Å². The monoisotopic (exact) mass is 318 g/mol. The maximum atomic E-state index is 14.3. The first-order valence-electron chi connectivity index (χ1n) is 7.31. The van der Waals surface area contributed by atoms with Crippen molar-refractivity contribution in [1.82, 2.24) is 0 Å². The fourth-order valence-corrected chi connectivity index (χ4v) is 2.79. The van der Waals surface area contributed by atoms with Crippen LogP contribution in [0.25, 0.3) is 5.57 Å². The van der Waals surface area contributed by atoms with Crippen molar-refractivity contribution in [2.75, 3.05) is 7.11 Å². The third-order valence-electron chi connectivity index (χ3n) is 3.87. The molecule has 0 saturated heterocycles. The van der Waals surface area contributed by atoms with E-state index in [0.717, 1.165) is 0 Å². The molecule has 2 aliphatic rings. The topological polar surface area (TPSA) is 35.5 Å². The average Bonchev–Trinajstić information content (AvgIpc) is 2.53. The van der Waals surface area contributed by atoms with Crippen LogP contribution in [0.1, 0.15) is 29.3 Å². The summed E-state index contributed by atoms with van der Waals surface area (Å²) in [5.74, 6) is -0.401. The van der Waals surface area contributed by atoms with Crippen molar-refractivity contribution in [1.29, 1.82) is 0 Å². The molecule has 1 aliphatic heterocycles. The third-order valence-corrected chi connectivity index (χ3v) is 3.87. The number of carbonyl (C=O) groups is 1. The Labute approximate surface area is 132 Å². The summed E-state index contributed by atoms with van der Waals surface area (Å²) in [6, 6.07) is 4.88. The van der Waals surface area contributed by atoms with Gasteiger partial charge in [-0.05, 0) is 48.4 Å². The fraction of sp³-hybridized carbons (Fsp3) is 0.278. The molecular formula is C18H16F2O3. The first-order chi connectivity index (χ1) is 11.0. The zero-order chi connectivity index (χ0) is 16.6. The van der Waals surface area contributed by atoms with Crippen LogP contribution in [-0.4, -0.2) is 25.4 Å². The van der Waals surface area contributed by atoms with Crippen molar-refractivity contribution < 1.29 is 23.0 Å². The summed E-state index contributed by atoms with van der Waals surface area (Å²) < 4.78 is 38.0. The van der Waals surface area contributed by atoms with Crippen molar-refractivity contribution in [3.05, 3.63) is 59.0 Å². The minimum absolute atomic E-state index is 0.245. The minimum atomic E-state index is -1.42. The maximum Gasteiger partial charge on any atom is 0.337 e. The number of ether oxygens (including phenoxy) is 2. The number of halogens is 2. The maximum absolute atomic E-state index is 14.3. The van der Waals surface area contributed by atoms with Crippen LogP contribution < -0.4 is 4.74 Å². The number of hydrogen-bond donors (Lipinski definition) is 0. The van der Waals surface area contributed by atoms with Crippen molar-refractivity contribution in [2.24, 2.45) is 0 Å². The fourth-order valence-electron chi connectivity index (χ4n) is 2.79. The van der Waals surface area contributed by atoms with Crippen LogP contribution >= 0.6 is 0 Å². The lowest BCUT2D eigenvalue weighted by atomic mass is 9.87. The Balaban J connectivity index is 2.10. The number of hydrogen-bond acceptors (Lipinski definition) is 3. The molecule has 1 aromatic rings. The van der Waals surface area contributed by atoms with Crippen molar-refractivity contribution in [3.63, 3.8) is 0 Å². The Morgan fingerprint density at radius 1 is 1.35 bits per heavy atom. The quantitative estimate of drug-likeness (QED) is 0.768. The van der Waals surface area contributed by atoms with Gasteiger partial charge in [0.25, 0.3) is 0 Å². The van der Waals surface area contributed by atoms with Gasteiger partial charge in [0.2, 0.25) is 0 Å². The van der Waals surface area contributed by atoms with Gasteiger partial charge in [0.1, 0.15) is 23.9 Å². The van der Waals surface area contributed by atoms with Crippen LogP contribution in [0.2, 0.25) is 0 Å². The van der Waals surface area contributed by atoms with Gasteiger partial charge in [-0.1, -0.05) is 6.08 Å². The summed E-state index contributed by atoms with van der Waals surface area (Å²) in [5, 5.41) is 0. The molecule has 0 amide bonds. The number of fused-ring (bicyclic) bond motifs is 1. The predicted molar refractivity (Wildman–Crippen MR) is 82.6 cm³/mol. The zero-order valence-electron chi connectivity index (χ0n) is 12.8. The van der Waals surface area contributed by atoms with Gasteiger partial charge in [-0.3, -0.25) is 0 Å². The van der Waals surface area contributed by atoms with E-state index < -0.39 is 18.0 Å². The largest absolute Gasteiger partial charge is 0.486 e. The van der Waals surface area contributed by atoms with Crippen molar-refractivity contribution >= 4 is 11.5 Å². The standard InChI is InChI=1S/C18H16F2O3/c1-10-7-14(13-5-4-12(19)9-16(13)20)15-8-11(18(21)22-2)3-6-17(15)23-10/h3-8,10,16H,9H2,1-2H3. The molecule has 0 bridgehead atoms. The average molecular weight is 318 g/mol. The molecule has 0 N–H and O–H groups in total. The molecule has 0 radical (unpaired) electrons. The van der Waals surface area contributed by atoms with Crippen molar-refractivity contribution in [2.45, 2.75) is 25.6 Å². The summed E-state index contributed by atoms with van der Waals surface area (Å²) in [4.78, 5) is 11.7. The van der Waals surface area contributed by atoms with E-state index in [1.54, 1.807) is 24.3 Å². The van der Waals surface area contributed by atoms with Gasteiger partial charge in [0, 0.05) is 12.0 Å². The van der Waals surface area contributed by atoms with Gasteiger partial charge in [0.05, 0.1) is 12.7 Å². The van der Waals surface area contributed by atoms with Gasteiger partial charge < -0.3 is 9.47 Å². The van der Waals surface area contributed by atoms with Crippen LogP contribution in [0.3, 0.4) is 0 Å². The highest BCUT2D eigenvalue weighted by molar-refractivity contribution is 5.93.